The number of rotatable bonds is 16. The average molecular weight is 676 g/mol. The zero-order chi connectivity index (χ0) is 30.9. The van der Waals surface area contributed by atoms with Crippen LogP contribution in [0.3, 0.4) is 0 Å². The van der Waals surface area contributed by atoms with Gasteiger partial charge in [0.2, 0.25) is 0 Å². The third-order valence-corrected chi connectivity index (χ3v) is 24.1. The number of benzene rings is 3. The van der Waals surface area contributed by atoms with Crippen LogP contribution in [0.4, 0.5) is 0 Å². The molecule has 0 heterocycles. The fourth-order valence-corrected chi connectivity index (χ4v) is 25.9. The molecular weight excluding hydrogens is 619 g/mol. The van der Waals surface area contributed by atoms with Crippen LogP contribution in [0.5, 0.6) is 0 Å². The number of hydrogen-bond donors (Lipinski definition) is 0. The first-order chi connectivity index (χ1) is 19.8. The number of carbonyl (C=O) groups excluding carboxylic acids is 1. The molecule has 1 unspecified atom stereocenters. The van der Waals surface area contributed by atoms with Crippen molar-refractivity contribution in [2.24, 2.45) is 5.92 Å². The summed E-state index contributed by atoms with van der Waals surface area (Å²) in [4.78, 5) is 14.0. The van der Waals surface area contributed by atoms with Crippen LogP contribution in [0, 0.1) is 5.92 Å². The normalized spacial score (nSPS) is 13.5. The first-order valence-corrected chi connectivity index (χ1v) is 23.4. The second kappa shape index (κ2) is 15.1. The van der Waals surface area contributed by atoms with E-state index in [1.54, 1.807) is 0 Å². The van der Waals surface area contributed by atoms with E-state index in [1.807, 2.05) is 0 Å². The van der Waals surface area contributed by atoms with E-state index in [1.165, 1.54) is 36.0 Å². The van der Waals surface area contributed by atoms with Gasteiger partial charge in [-0.25, -0.2) is 0 Å². The first kappa shape index (κ1) is 34.4. The van der Waals surface area contributed by atoms with Crippen molar-refractivity contribution in [2.75, 3.05) is 0 Å². The van der Waals surface area contributed by atoms with E-state index in [4.69, 9.17) is 3.07 Å². The Morgan fingerprint density at radius 1 is 0.643 bits per heavy atom. The van der Waals surface area contributed by atoms with Crippen LogP contribution >= 0.6 is 0 Å². The standard InChI is InChI=1S/3C10H13.C9H18O2.Sn/c3*1-10(2,3)9-7-5-4-6-8-9;1-3-4-5-6-8(2)7-9(10)11;/h3*4-8H,1H2,2-3H3;8H,3-7H2,1-2H3,(H,10,11);/q;;;;+1/p-1. The Labute approximate surface area is 262 Å². The summed E-state index contributed by atoms with van der Waals surface area (Å²) in [6, 6.07) is 32.6. The monoisotopic (exact) mass is 676 g/mol. The summed E-state index contributed by atoms with van der Waals surface area (Å²) in [5.41, 5.74) is 3.65. The van der Waals surface area contributed by atoms with Gasteiger partial charge in [-0.1, -0.05) is 0 Å². The summed E-state index contributed by atoms with van der Waals surface area (Å²) >= 11 is -3.84. The predicted octanol–water partition coefficient (Wildman–Crippen LogP) is 11.0. The Hall–Kier alpha value is -2.07. The molecule has 42 heavy (non-hydrogen) atoms. The van der Waals surface area contributed by atoms with Gasteiger partial charge in [0.1, 0.15) is 0 Å². The second-order valence-electron chi connectivity index (χ2n) is 14.7. The van der Waals surface area contributed by atoms with Crippen LogP contribution in [-0.2, 0) is 24.1 Å². The van der Waals surface area contributed by atoms with Gasteiger partial charge in [-0.2, -0.15) is 0 Å². The van der Waals surface area contributed by atoms with Crippen LogP contribution in [0.15, 0.2) is 91.0 Å². The van der Waals surface area contributed by atoms with Crippen LogP contribution in [0.2, 0.25) is 13.3 Å². The molecule has 0 radical (unpaired) electrons. The number of carbonyl (C=O) groups is 1. The predicted molar refractivity (Wildman–Crippen MR) is 183 cm³/mol. The molecule has 0 fully saturated rings. The van der Waals surface area contributed by atoms with E-state index < -0.39 is 18.8 Å². The van der Waals surface area contributed by atoms with Crippen LogP contribution < -0.4 is 0 Å². The zero-order valence-electron chi connectivity index (χ0n) is 27.7. The van der Waals surface area contributed by atoms with Gasteiger partial charge in [0.05, 0.1) is 0 Å². The molecule has 0 bridgehead atoms. The van der Waals surface area contributed by atoms with Crippen molar-refractivity contribution in [2.45, 2.75) is 117 Å². The van der Waals surface area contributed by atoms with Crippen LogP contribution in [0.1, 0.15) is 104 Å². The molecule has 0 spiro atoms. The Kier molecular flexibility index (Phi) is 12.4. The Morgan fingerprint density at radius 2 is 1.00 bits per heavy atom. The van der Waals surface area contributed by atoms with Crippen molar-refractivity contribution in [1.82, 2.24) is 0 Å². The SMILES string of the molecule is CCCCCC(C)CC(=O)[O][Sn]([CH2]C(C)(C)c1ccccc1)([CH2]C(C)(C)c1ccccc1)[CH2]C(C)(C)c1ccccc1. The van der Waals surface area contributed by atoms with Gasteiger partial charge < -0.3 is 0 Å². The molecule has 0 aliphatic heterocycles. The van der Waals surface area contributed by atoms with Gasteiger partial charge in [-0.05, 0) is 0 Å². The molecule has 2 nitrogen and oxygen atoms in total. The van der Waals surface area contributed by atoms with Crippen molar-refractivity contribution >= 4 is 24.8 Å². The van der Waals surface area contributed by atoms with E-state index in [9.17, 15) is 4.79 Å². The van der Waals surface area contributed by atoms with Gasteiger partial charge in [0.15, 0.2) is 0 Å². The zero-order valence-corrected chi connectivity index (χ0v) is 30.6. The molecule has 3 aromatic rings. The minimum absolute atomic E-state index is 0.0337. The van der Waals surface area contributed by atoms with Gasteiger partial charge in [0.25, 0.3) is 0 Å². The molecular formula is C39H56O2Sn. The van der Waals surface area contributed by atoms with Gasteiger partial charge in [0, 0.05) is 0 Å². The fraction of sp³-hybridized carbons (Fsp3) is 0.513. The number of hydrogen-bond acceptors (Lipinski definition) is 2. The van der Waals surface area contributed by atoms with E-state index >= 15 is 0 Å². The van der Waals surface area contributed by atoms with E-state index in [0.29, 0.717) is 12.3 Å². The van der Waals surface area contributed by atoms with Crippen molar-refractivity contribution < 1.29 is 7.87 Å². The van der Waals surface area contributed by atoms with Gasteiger partial charge >= 0.3 is 263 Å². The first-order valence-electron chi connectivity index (χ1n) is 16.2. The molecule has 1 atom stereocenters. The molecule has 0 aliphatic rings. The fourth-order valence-electron chi connectivity index (χ4n) is 7.10. The van der Waals surface area contributed by atoms with Gasteiger partial charge in [-0.3, -0.25) is 0 Å². The molecule has 0 saturated carbocycles. The quantitative estimate of drug-likeness (QED) is 0.112. The molecule has 3 rings (SSSR count). The molecule has 0 aliphatic carbocycles. The maximum atomic E-state index is 14.0. The third kappa shape index (κ3) is 10.00. The molecule has 3 heteroatoms. The van der Waals surface area contributed by atoms with Crippen molar-refractivity contribution in [1.29, 1.82) is 0 Å². The van der Waals surface area contributed by atoms with Crippen molar-refractivity contribution in [3.8, 4) is 0 Å². The van der Waals surface area contributed by atoms with E-state index in [2.05, 4.69) is 146 Å². The summed E-state index contributed by atoms with van der Waals surface area (Å²) in [6.45, 7) is 18.6. The minimum atomic E-state index is -3.84. The number of unbranched alkanes of at least 4 members (excludes halogenated alkanes) is 2. The van der Waals surface area contributed by atoms with Crippen molar-refractivity contribution in [3.05, 3.63) is 108 Å². The third-order valence-electron chi connectivity index (χ3n) is 9.10. The van der Waals surface area contributed by atoms with Crippen LogP contribution in [-0.4, -0.2) is 24.8 Å². The van der Waals surface area contributed by atoms with Crippen LogP contribution in [0.25, 0.3) is 0 Å². The molecule has 0 aromatic heterocycles. The molecule has 0 N–H and O–H groups in total. The second-order valence-corrected chi connectivity index (χ2v) is 25.1. The molecule has 0 amide bonds. The van der Waals surface area contributed by atoms with Crippen molar-refractivity contribution in [3.63, 3.8) is 0 Å². The summed E-state index contributed by atoms with van der Waals surface area (Å²) < 4.78 is 10.0. The summed E-state index contributed by atoms with van der Waals surface area (Å²) in [6.07, 6.45) is 5.22. The molecule has 228 valence electrons. The Bertz CT molecular complexity index is 1090. The van der Waals surface area contributed by atoms with E-state index in [-0.39, 0.29) is 22.2 Å². The maximum absolute atomic E-state index is 14.0. The Balaban J connectivity index is 2.09. The summed E-state index contributed by atoms with van der Waals surface area (Å²) in [5, 5.41) is 0. The van der Waals surface area contributed by atoms with E-state index in [0.717, 1.165) is 19.7 Å². The topological polar surface area (TPSA) is 26.3 Å². The Morgan fingerprint density at radius 3 is 1.33 bits per heavy atom. The van der Waals surface area contributed by atoms with Gasteiger partial charge in [-0.15, -0.1) is 0 Å². The summed E-state index contributed by atoms with van der Waals surface area (Å²) in [5.74, 6) is 0.380. The molecule has 3 aromatic carbocycles. The molecule has 0 saturated heterocycles. The summed E-state index contributed by atoms with van der Waals surface area (Å²) in [7, 11) is 0. The average Bonchev–Trinajstić information content (AvgIpc) is 2.93.